The van der Waals surface area contributed by atoms with E-state index in [1.807, 2.05) is 6.07 Å². The molecule has 0 aromatic heterocycles. The van der Waals surface area contributed by atoms with E-state index >= 15 is 0 Å². The maximum absolute atomic E-state index is 11.9. The van der Waals surface area contributed by atoms with Crippen molar-refractivity contribution in [3.63, 3.8) is 0 Å². The van der Waals surface area contributed by atoms with Crippen molar-refractivity contribution in [2.24, 2.45) is 11.3 Å². The third-order valence-corrected chi connectivity index (χ3v) is 6.72. The number of alkyl halides is 1. The Morgan fingerprint density at radius 3 is 2.50 bits per heavy atom. The molecule has 4 bridgehead atoms. The summed E-state index contributed by atoms with van der Waals surface area (Å²) in [6.45, 7) is 0. The standard InChI is InChI=1S/C17H19BrO2/c18-17-8-12-6-15(10-17,13-4-2-1-3-5-13)9-16(7-12,11-17)14(19)20/h1-5,12H,6-11H2,(H,19,20). The fourth-order valence-corrected chi connectivity index (χ4v) is 7.20. The quantitative estimate of drug-likeness (QED) is 0.825. The van der Waals surface area contributed by atoms with E-state index in [2.05, 4.69) is 40.2 Å². The maximum atomic E-state index is 11.9. The molecule has 0 heterocycles. The SMILES string of the molecule is O=C(O)C12CC3CC(Br)(C1)CC(c1ccccc1)(C3)C2. The van der Waals surface area contributed by atoms with Gasteiger partial charge in [0.25, 0.3) is 0 Å². The molecule has 4 aliphatic carbocycles. The Hall–Kier alpha value is -0.830. The zero-order valence-electron chi connectivity index (χ0n) is 11.4. The number of carbonyl (C=O) groups is 1. The predicted octanol–water partition coefficient (Wildman–Crippen LogP) is 4.13. The highest BCUT2D eigenvalue weighted by Gasteiger charge is 2.65. The molecule has 4 aliphatic rings. The van der Waals surface area contributed by atoms with Gasteiger partial charge < -0.3 is 5.11 Å². The van der Waals surface area contributed by atoms with E-state index in [0.29, 0.717) is 5.92 Å². The van der Waals surface area contributed by atoms with E-state index in [4.69, 9.17) is 0 Å². The average molecular weight is 335 g/mol. The van der Waals surface area contributed by atoms with Gasteiger partial charge in [-0.1, -0.05) is 46.3 Å². The molecule has 4 fully saturated rings. The Balaban J connectivity index is 1.85. The molecule has 0 saturated heterocycles. The van der Waals surface area contributed by atoms with Gasteiger partial charge in [-0.3, -0.25) is 4.79 Å². The molecular formula is C17H19BrO2. The molecule has 106 valence electrons. The highest BCUT2D eigenvalue weighted by Crippen LogP contribution is 2.69. The fraction of sp³-hybridized carbons (Fsp3) is 0.588. The van der Waals surface area contributed by atoms with Gasteiger partial charge in [0.2, 0.25) is 0 Å². The van der Waals surface area contributed by atoms with Crippen molar-refractivity contribution in [3.05, 3.63) is 35.9 Å². The fourth-order valence-electron chi connectivity index (χ4n) is 5.67. The molecule has 4 unspecified atom stereocenters. The predicted molar refractivity (Wildman–Crippen MR) is 81.0 cm³/mol. The summed E-state index contributed by atoms with van der Waals surface area (Å²) in [4.78, 5) is 11.9. The van der Waals surface area contributed by atoms with Gasteiger partial charge in [0.05, 0.1) is 5.41 Å². The summed E-state index contributed by atoms with van der Waals surface area (Å²) >= 11 is 3.93. The van der Waals surface area contributed by atoms with Crippen LogP contribution < -0.4 is 0 Å². The molecule has 2 nitrogen and oxygen atoms in total. The first-order chi connectivity index (χ1) is 9.46. The van der Waals surface area contributed by atoms with E-state index in [-0.39, 0.29) is 9.74 Å². The van der Waals surface area contributed by atoms with Gasteiger partial charge in [0, 0.05) is 4.32 Å². The summed E-state index contributed by atoms with van der Waals surface area (Å²) < 4.78 is 0.0423. The smallest absolute Gasteiger partial charge is 0.309 e. The Kier molecular flexibility index (Phi) is 2.50. The topological polar surface area (TPSA) is 37.3 Å². The van der Waals surface area contributed by atoms with Gasteiger partial charge in [-0.05, 0) is 55.4 Å². The van der Waals surface area contributed by atoms with E-state index < -0.39 is 11.4 Å². The van der Waals surface area contributed by atoms with Gasteiger partial charge in [0.15, 0.2) is 0 Å². The van der Waals surface area contributed by atoms with Crippen LogP contribution in [0.3, 0.4) is 0 Å². The summed E-state index contributed by atoms with van der Waals surface area (Å²) in [5, 5.41) is 9.83. The van der Waals surface area contributed by atoms with Gasteiger partial charge in [-0.25, -0.2) is 0 Å². The summed E-state index contributed by atoms with van der Waals surface area (Å²) in [5.41, 5.74) is 0.917. The maximum Gasteiger partial charge on any atom is 0.309 e. The van der Waals surface area contributed by atoms with Crippen LogP contribution in [-0.2, 0) is 10.2 Å². The summed E-state index contributed by atoms with van der Waals surface area (Å²) in [6.07, 6.45) is 5.92. The summed E-state index contributed by atoms with van der Waals surface area (Å²) in [5.74, 6) is -0.0207. The van der Waals surface area contributed by atoms with Crippen molar-refractivity contribution in [1.82, 2.24) is 0 Å². The molecule has 0 aliphatic heterocycles. The third-order valence-electron chi connectivity index (χ3n) is 5.84. The van der Waals surface area contributed by atoms with Crippen LogP contribution in [0, 0.1) is 11.3 Å². The van der Waals surface area contributed by atoms with Crippen LogP contribution in [0.15, 0.2) is 30.3 Å². The Morgan fingerprint density at radius 1 is 1.10 bits per heavy atom. The third kappa shape index (κ3) is 1.65. The van der Waals surface area contributed by atoms with Gasteiger partial charge in [0.1, 0.15) is 0 Å². The first kappa shape index (κ1) is 12.9. The molecule has 0 radical (unpaired) electrons. The minimum absolute atomic E-state index is 0.0423. The molecule has 5 rings (SSSR count). The summed E-state index contributed by atoms with van der Waals surface area (Å²) in [6, 6.07) is 10.6. The van der Waals surface area contributed by atoms with Crippen LogP contribution in [0.5, 0.6) is 0 Å². The second-order valence-electron chi connectivity index (χ2n) is 7.39. The van der Waals surface area contributed by atoms with E-state index in [9.17, 15) is 9.90 Å². The number of carboxylic acids is 1. The van der Waals surface area contributed by atoms with Crippen molar-refractivity contribution < 1.29 is 9.90 Å². The first-order valence-corrected chi connectivity index (χ1v) is 8.23. The second kappa shape index (κ2) is 3.88. The van der Waals surface area contributed by atoms with Crippen molar-refractivity contribution in [2.45, 2.75) is 48.3 Å². The van der Waals surface area contributed by atoms with Crippen LogP contribution in [0.2, 0.25) is 0 Å². The zero-order chi connectivity index (χ0) is 14.0. The molecule has 1 aromatic carbocycles. The van der Waals surface area contributed by atoms with E-state index in [0.717, 1.165) is 32.1 Å². The number of hydrogen-bond acceptors (Lipinski definition) is 1. The van der Waals surface area contributed by atoms with Crippen molar-refractivity contribution in [1.29, 1.82) is 0 Å². The lowest BCUT2D eigenvalue weighted by Crippen LogP contribution is -2.61. The molecule has 4 saturated carbocycles. The molecule has 3 heteroatoms. The number of aliphatic carboxylic acids is 1. The largest absolute Gasteiger partial charge is 0.481 e. The van der Waals surface area contributed by atoms with Crippen molar-refractivity contribution in [2.75, 3.05) is 0 Å². The Labute approximate surface area is 127 Å². The number of hydrogen-bond donors (Lipinski definition) is 1. The molecule has 0 amide bonds. The van der Waals surface area contributed by atoms with Crippen LogP contribution in [0.1, 0.15) is 44.1 Å². The monoisotopic (exact) mass is 334 g/mol. The number of carboxylic acid groups (broad SMARTS) is 1. The highest BCUT2D eigenvalue weighted by molar-refractivity contribution is 9.10. The van der Waals surface area contributed by atoms with E-state index in [1.165, 1.54) is 12.0 Å². The Bertz CT molecular complexity index is 572. The lowest BCUT2D eigenvalue weighted by Gasteiger charge is -2.64. The number of benzene rings is 1. The van der Waals surface area contributed by atoms with Crippen LogP contribution in [0.25, 0.3) is 0 Å². The normalized spacial score (nSPS) is 45.5. The first-order valence-electron chi connectivity index (χ1n) is 7.43. The molecule has 1 aromatic rings. The lowest BCUT2D eigenvalue weighted by atomic mass is 9.43. The molecular weight excluding hydrogens is 316 g/mol. The van der Waals surface area contributed by atoms with Crippen molar-refractivity contribution in [3.8, 4) is 0 Å². The number of rotatable bonds is 2. The lowest BCUT2D eigenvalue weighted by molar-refractivity contribution is -0.164. The van der Waals surface area contributed by atoms with E-state index in [1.54, 1.807) is 0 Å². The van der Waals surface area contributed by atoms with Gasteiger partial charge in [-0.15, -0.1) is 0 Å². The molecule has 0 spiro atoms. The molecule has 4 atom stereocenters. The molecule has 1 N–H and O–H groups in total. The minimum Gasteiger partial charge on any atom is -0.481 e. The van der Waals surface area contributed by atoms with Crippen molar-refractivity contribution >= 4 is 21.9 Å². The summed E-state index contributed by atoms with van der Waals surface area (Å²) in [7, 11) is 0. The van der Waals surface area contributed by atoms with Gasteiger partial charge >= 0.3 is 5.97 Å². The molecule has 20 heavy (non-hydrogen) atoms. The second-order valence-corrected chi connectivity index (χ2v) is 9.07. The van der Waals surface area contributed by atoms with Crippen LogP contribution >= 0.6 is 15.9 Å². The number of halogens is 1. The zero-order valence-corrected chi connectivity index (χ0v) is 13.0. The van der Waals surface area contributed by atoms with Gasteiger partial charge in [-0.2, -0.15) is 0 Å². The Morgan fingerprint density at radius 2 is 1.85 bits per heavy atom. The van der Waals surface area contributed by atoms with Crippen LogP contribution in [0.4, 0.5) is 0 Å². The minimum atomic E-state index is -0.578. The average Bonchev–Trinajstić information content (AvgIpc) is 2.37. The van der Waals surface area contributed by atoms with Crippen LogP contribution in [-0.4, -0.2) is 15.4 Å². The highest BCUT2D eigenvalue weighted by atomic mass is 79.9.